The Morgan fingerprint density at radius 3 is 2.56 bits per heavy atom. The lowest BCUT2D eigenvalue weighted by Gasteiger charge is -2.18. The molecule has 1 rings (SSSR count). The van der Waals surface area contributed by atoms with E-state index in [4.69, 9.17) is 4.74 Å². The predicted molar refractivity (Wildman–Crippen MR) is 66.8 cm³/mol. The van der Waals surface area contributed by atoms with Gasteiger partial charge in [-0.15, -0.1) is 0 Å². The van der Waals surface area contributed by atoms with Gasteiger partial charge in [-0.1, -0.05) is 25.5 Å². The van der Waals surface area contributed by atoms with Crippen LogP contribution in [0.15, 0.2) is 18.2 Å². The fourth-order valence-electron chi connectivity index (χ4n) is 1.77. The molecule has 0 aliphatic carbocycles. The summed E-state index contributed by atoms with van der Waals surface area (Å²) in [5.41, 5.74) is 2.02. The van der Waals surface area contributed by atoms with Crippen molar-refractivity contribution < 1.29 is 9.84 Å². The van der Waals surface area contributed by atoms with Crippen molar-refractivity contribution in [2.45, 2.75) is 52.7 Å². The fourth-order valence-corrected chi connectivity index (χ4v) is 1.77. The van der Waals surface area contributed by atoms with Gasteiger partial charge in [0, 0.05) is 5.56 Å². The van der Waals surface area contributed by atoms with E-state index in [0.717, 1.165) is 29.7 Å². The Hall–Kier alpha value is -1.02. The molecular weight excluding hydrogens is 200 g/mol. The summed E-state index contributed by atoms with van der Waals surface area (Å²) in [4.78, 5) is 0. The lowest BCUT2D eigenvalue weighted by Crippen LogP contribution is -2.13. The van der Waals surface area contributed by atoms with Crippen LogP contribution < -0.4 is 4.74 Å². The Bertz CT molecular complexity index is 332. The maximum absolute atomic E-state index is 9.66. The molecule has 1 aromatic rings. The van der Waals surface area contributed by atoms with Crippen molar-refractivity contribution in [3.63, 3.8) is 0 Å². The second-order valence-electron chi connectivity index (χ2n) is 4.43. The van der Waals surface area contributed by atoms with Crippen LogP contribution in [0.4, 0.5) is 0 Å². The van der Waals surface area contributed by atoms with Gasteiger partial charge in [0.25, 0.3) is 0 Å². The summed E-state index contributed by atoms with van der Waals surface area (Å²) in [7, 11) is 0. The lowest BCUT2D eigenvalue weighted by atomic mass is 10.1. The lowest BCUT2D eigenvalue weighted by molar-refractivity contribution is 0.174. The van der Waals surface area contributed by atoms with E-state index in [2.05, 4.69) is 13.8 Å². The summed E-state index contributed by atoms with van der Waals surface area (Å²) >= 11 is 0. The zero-order chi connectivity index (χ0) is 12.1. The van der Waals surface area contributed by atoms with E-state index in [1.807, 2.05) is 25.1 Å². The first-order chi connectivity index (χ1) is 7.54. The molecule has 2 atom stereocenters. The third-order valence-corrected chi connectivity index (χ3v) is 2.64. The van der Waals surface area contributed by atoms with Gasteiger partial charge < -0.3 is 9.84 Å². The maximum Gasteiger partial charge on any atom is 0.125 e. The van der Waals surface area contributed by atoms with Gasteiger partial charge in [-0.2, -0.15) is 0 Å². The predicted octanol–water partition coefficient (Wildman–Crippen LogP) is 3.62. The van der Waals surface area contributed by atoms with Crippen molar-refractivity contribution in [3.05, 3.63) is 29.3 Å². The average molecular weight is 222 g/mol. The fraction of sp³-hybridized carbons (Fsp3) is 0.571. The van der Waals surface area contributed by atoms with E-state index in [1.54, 1.807) is 6.92 Å². The number of hydrogen-bond acceptors (Lipinski definition) is 2. The topological polar surface area (TPSA) is 29.5 Å². The molecule has 0 radical (unpaired) electrons. The van der Waals surface area contributed by atoms with E-state index in [-0.39, 0.29) is 6.10 Å². The van der Waals surface area contributed by atoms with Crippen LogP contribution in [-0.2, 0) is 0 Å². The van der Waals surface area contributed by atoms with E-state index >= 15 is 0 Å². The van der Waals surface area contributed by atoms with E-state index in [1.165, 1.54) is 0 Å². The third kappa shape index (κ3) is 3.53. The minimum absolute atomic E-state index is 0.198. The number of hydrogen-bond donors (Lipinski definition) is 1. The highest BCUT2D eigenvalue weighted by Gasteiger charge is 2.11. The molecule has 1 N–H and O–H groups in total. The molecule has 0 amide bonds. The number of aliphatic hydroxyl groups is 1. The number of aliphatic hydroxyl groups excluding tert-OH is 1. The molecule has 1 aromatic carbocycles. The van der Waals surface area contributed by atoms with Crippen LogP contribution in [0.5, 0.6) is 5.75 Å². The first-order valence-corrected chi connectivity index (χ1v) is 5.99. The molecule has 0 bridgehead atoms. The Kier molecular flexibility index (Phi) is 4.81. The Morgan fingerprint density at radius 1 is 1.31 bits per heavy atom. The van der Waals surface area contributed by atoms with Crippen LogP contribution in [0.25, 0.3) is 0 Å². The summed E-state index contributed by atoms with van der Waals surface area (Å²) in [6.07, 6.45) is 1.86. The molecule has 0 fully saturated rings. The van der Waals surface area contributed by atoms with Gasteiger partial charge in [-0.25, -0.2) is 0 Å². The number of aryl methyl sites for hydroxylation is 1. The smallest absolute Gasteiger partial charge is 0.125 e. The van der Waals surface area contributed by atoms with E-state index in [9.17, 15) is 5.11 Å². The molecule has 90 valence electrons. The molecule has 0 aliphatic rings. The molecule has 0 saturated heterocycles. The van der Waals surface area contributed by atoms with Crippen molar-refractivity contribution in [1.82, 2.24) is 0 Å². The molecule has 0 aliphatic heterocycles. The monoisotopic (exact) mass is 222 g/mol. The minimum atomic E-state index is -0.482. The van der Waals surface area contributed by atoms with Gasteiger partial charge in [0.1, 0.15) is 5.75 Å². The molecule has 1 unspecified atom stereocenters. The Balaban J connectivity index is 2.87. The van der Waals surface area contributed by atoms with Crippen LogP contribution in [-0.4, -0.2) is 11.2 Å². The second-order valence-corrected chi connectivity index (χ2v) is 4.43. The summed E-state index contributed by atoms with van der Waals surface area (Å²) < 4.78 is 5.87. The molecule has 0 spiro atoms. The minimum Gasteiger partial charge on any atom is -0.490 e. The van der Waals surface area contributed by atoms with Crippen molar-refractivity contribution >= 4 is 0 Å². The standard InChI is InChI=1S/C14H22O2/c1-5-6-11(3)16-14-9-10(2)7-8-13(14)12(4)15/h7-9,11-12,15H,5-6H2,1-4H3/t11?,12-/m0/s1. The van der Waals surface area contributed by atoms with Gasteiger partial charge in [-0.05, 0) is 38.8 Å². The molecule has 2 nitrogen and oxygen atoms in total. The first kappa shape index (κ1) is 13.0. The van der Waals surface area contributed by atoms with Crippen LogP contribution in [0, 0.1) is 6.92 Å². The molecular formula is C14H22O2. The van der Waals surface area contributed by atoms with Crippen molar-refractivity contribution in [3.8, 4) is 5.75 Å². The molecule has 2 heteroatoms. The van der Waals surface area contributed by atoms with Crippen LogP contribution in [0.3, 0.4) is 0 Å². The largest absolute Gasteiger partial charge is 0.490 e. The van der Waals surface area contributed by atoms with Gasteiger partial charge in [0.2, 0.25) is 0 Å². The maximum atomic E-state index is 9.66. The van der Waals surface area contributed by atoms with Crippen LogP contribution in [0.1, 0.15) is 50.8 Å². The third-order valence-electron chi connectivity index (χ3n) is 2.64. The number of ether oxygens (including phenoxy) is 1. The van der Waals surface area contributed by atoms with Gasteiger partial charge >= 0.3 is 0 Å². The highest BCUT2D eigenvalue weighted by Crippen LogP contribution is 2.27. The average Bonchev–Trinajstić information content (AvgIpc) is 2.17. The molecule has 0 aromatic heterocycles. The van der Waals surface area contributed by atoms with Gasteiger partial charge in [0.15, 0.2) is 0 Å². The van der Waals surface area contributed by atoms with Gasteiger partial charge in [-0.3, -0.25) is 0 Å². The summed E-state index contributed by atoms with van der Waals surface area (Å²) in [5.74, 6) is 0.816. The van der Waals surface area contributed by atoms with E-state index in [0.29, 0.717) is 0 Å². The number of rotatable bonds is 5. The van der Waals surface area contributed by atoms with Gasteiger partial charge in [0.05, 0.1) is 12.2 Å². The van der Waals surface area contributed by atoms with Crippen molar-refractivity contribution in [1.29, 1.82) is 0 Å². The Labute approximate surface area is 98.3 Å². The highest BCUT2D eigenvalue weighted by molar-refractivity contribution is 5.38. The normalized spacial score (nSPS) is 14.6. The zero-order valence-electron chi connectivity index (χ0n) is 10.7. The van der Waals surface area contributed by atoms with E-state index < -0.39 is 6.10 Å². The zero-order valence-corrected chi connectivity index (χ0v) is 10.7. The Morgan fingerprint density at radius 2 is 2.00 bits per heavy atom. The van der Waals surface area contributed by atoms with Crippen molar-refractivity contribution in [2.24, 2.45) is 0 Å². The number of benzene rings is 1. The summed E-state index contributed by atoms with van der Waals surface area (Å²) in [6, 6.07) is 5.93. The molecule has 16 heavy (non-hydrogen) atoms. The summed E-state index contributed by atoms with van der Waals surface area (Å²) in [5, 5.41) is 9.66. The first-order valence-electron chi connectivity index (χ1n) is 5.99. The second kappa shape index (κ2) is 5.90. The molecule has 0 saturated carbocycles. The SMILES string of the molecule is CCCC(C)Oc1cc(C)ccc1[C@H](C)O. The molecule has 0 heterocycles. The summed E-state index contributed by atoms with van der Waals surface area (Å²) in [6.45, 7) is 8.01. The van der Waals surface area contributed by atoms with Crippen LogP contribution in [0.2, 0.25) is 0 Å². The quantitative estimate of drug-likeness (QED) is 0.824. The van der Waals surface area contributed by atoms with Crippen molar-refractivity contribution in [2.75, 3.05) is 0 Å². The van der Waals surface area contributed by atoms with Crippen LogP contribution >= 0.6 is 0 Å². The highest BCUT2D eigenvalue weighted by atomic mass is 16.5.